The van der Waals surface area contributed by atoms with Gasteiger partial charge in [0.05, 0.1) is 0 Å². The van der Waals surface area contributed by atoms with E-state index in [1.807, 2.05) is 0 Å². The quantitative estimate of drug-likeness (QED) is 0.553. The molecular formula is C4H5N7O2. The van der Waals surface area contributed by atoms with Crippen molar-refractivity contribution < 1.29 is 9.26 Å². The number of rotatable bonds is 2. The summed E-state index contributed by atoms with van der Waals surface area (Å²) in [6, 6.07) is 0. The van der Waals surface area contributed by atoms with E-state index in [9.17, 15) is 0 Å². The van der Waals surface area contributed by atoms with Gasteiger partial charge >= 0.3 is 0 Å². The summed E-state index contributed by atoms with van der Waals surface area (Å²) in [5.41, 5.74) is 10.7. The molecule has 0 aliphatic carbocycles. The van der Waals surface area contributed by atoms with Crippen molar-refractivity contribution in [3.05, 3.63) is 0 Å². The highest BCUT2D eigenvalue weighted by Gasteiger charge is 2.11. The van der Waals surface area contributed by atoms with E-state index in [4.69, 9.17) is 11.5 Å². The van der Waals surface area contributed by atoms with Gasteiger partial charge in [0.2, 0.25) is 23.3 Å². The molecule has 2 rings (SSSR count). The summed E-state index contributed by atoms with van der Waals surface area (Å²) >= 11 is 0. The fourth-order valence-electron chi connectivity index (χ4n) is 0.676. The van der Waals surface area contributed by atoms with Gasteiger partial charge in [-0.05, 0) is 20.6 Å². The van der Waals surface area contributed by atoms with Crippen molar-refractivity contribution in [3.63, 3.8) is 0 Å². The maximum Gasteiger partial charge on any atom is 0.220 e. The lowest BCUT2D eigenvalue weighted by Crippen LogP contribution is -1.98. The lowest BCUT2D eigenvalue weighted by Gasteiger charge is -1.94. The van der Waals surface area contributed by atoms with Crippen LogP contribution in [-0.4, -0.2) is 20.6 Å². The fourth-order valence-corrected chi connectivity index (χ4v) is 0.676. The zero-order chi connectivity index (χ0) is 9.26. The van der Waals surface area contributed by atoms with Crippen molar-refractivity contribution in [3.8, 4) is 0 Å². The number of nitrogen functional groups attached to an aromatic ring is 2. The summed E-state index contributed by atoms with van der Waals surface area (Å²) in [4.78, 5) is 0. The first-order valence-electron chi connectivity index (χ1n) is 3.20. The van der Waals surface area contributed by atoms with Crippen LogP contribution < -0.4 is 16.8 Å². The van der Waals surface area contributed by atoms with Crippen LogP contribution in [0.4, 0.5) is 23.3 Å². The zero-order valence-corrected chi connectivity index (χ0v) is 6.26. The predicted molar refractivity (Wildman–Crippen MR) is 40.7 cm³/mol. The zero-order valence-electron chi connectivity index (χ0n) is 6.26. The van der Waals surface area contributed by atoms with Gasteiger partial charge in [-0.1, -0.05) is 0 Å². The van der Waals surface area contributed by atoms with E-state index in [0.717, 1.165) is 0 Å². The first kappa shape index (κ1) is 7.34. The Labute approximate surface area is 71.0 Å². The topological polar surface area (TPSA) is 142 Å². The standard InChI is InChI=1S/C4H5N7O2/c5-1-3(10-12-8-1)7-4-2(6)9-13-11-4/h(H2,5,8)(H2,6,9)(H,7,10,11). The second-order valence-corrected chi connectivity index (χ2v) is 2.12. The Morgan fingerprint density at radius 2 is 1.31 bits per heavy atom. The average Bonchev–Trinajstić information content (AvgIpc) is 2.65. The highest BCUT2D eigenvalue weighted by molar-refractivity contribution is 5.67. The van der Waals surface area contributed by atoms with Gasteiger partial charge in [-0.2, -0.15) is 0 Å². The molecule has 2 aromatic heterocycles. The smallest absolute Gasteiger partial charge is 0.220 e. The summed E-state index contributed by atoms with van der Waals surface area (Å²) in [6.07, 6.45) is 0. The Morgan fingerprint density at radius 3 is 1.62 bits per heavy atom. The number of nitrogens with two attached hydrogens (primary N) is 2. The van der Waals surface area contributed by atoms with Gasteiger partial charge in [0.25, 0.3) is 0 Å². The molecule has 9 nitrogen and oxygen atoms in total. The van der Waals surface area contributed by atoms with Crippen LogP contribution in [0.25, 0.3) is 0 Å². The number of hydrogen-bond donors (Lipinski definition) is 3. The van der Waals surface area contributed by atoms with Crippen LogP contribution in [0.15, 0.2) is 9.26 Å². The molecule has 0 aliphatic rings. The molecule has 0 radical (unpaired) electrons. The maximum atomic E-state index is 5.36. The van der Waals surface area contributed by atoms with Crippen molar-refractivity contribution in [2.75, 3.05) is 16.8 Å². The fraction of sp³-hybridized carbons (Fsp3) is 0. The Balaban J connectivity index is 2.24. The van der Waals surface area contributed by atoms with Crippen molar-refractivity contribution >= 4 is 23.3 Å². The molecular weight excluding hydrogens is 178 g/mol. The second kappa shape index (κ2) is 2.62. The predicted octanol–water partition coefficient (Wildman–Crippen LogP) is -0.639. The van der Waals surface area contributed by atoms with Gasteiger partial charge < -0.3 is 16.8 Å². The molecule has 0 bridgehead atoms. The Hall–Kier alpha value is -2.32. The third kappa shape index (κ3) is 1.21. The number of anilines is 4. The van der Waals surface area contributed by atoms with E-state index in [2.05, 4.69) is 35.2 Å². The lowest BCUT2D eigenvalue weighted by atomic mass is 10.6. The highest BCUT2D eigenvalue weighted by atomic mass is 16.6. The number of aromatic nitrogens is 4. The third-order valence-corrected chi connectivity index (χ3v) is 1.26. The molecule has 13 heavy (non-hydrogen) atoms. The van der Waals surface area contributed by atoms with Gasteiger partial charge in [-0.25, -0.2) is 9.26 Å². The van der Waals surface area contributed by atoms with Crippen LogP contribution in [0.2, 0.25) is 0 Å². The molecule has 0 spiro atoms. The van der Waals surface area contributed by atoms with E-state index < -0.39 is 0 Å². The Kier molecular flexibility index (Phi) is 1.48. The van der Waals surface area contributed by atoms with Crippen LogP contribution in [0, 0.1) is 0 Å². The van der Waals surface area contributed by atoms with E-state index in [1.54, 1.807) is 0 Å². The molecule has 0 fully saturated rings. The molecule has 9 heteroatoms. The largest absolute Gasteiger partial charge is 0.378 e. The molecule has 0 aliphatic heterocycles. The van der Waals surface area contributed by atoms with Gasteiger partial charge in [-0.15, -0.1) is 0 Å². The third-order valence-electron chi connectivity index (χ3n) is 1.26. The van der Waals surface area contributed by atoms with Crippen molar-refractivity contribution in [2.45, 2.75) is 0 Å². The average molecular weight is 183 g/mol. The van der Waals surface area contributed by atoms with Crippen LogP contribution >= 0.6 is 0 Å². The van der Waals surface area contributed by atoms with Gasteiger partial charge in [-0.3, -0.25) is 0 Å². The minimum Gasteiger partial charge on any atom is -0.378 e. The van der Waals surface area contributed by atoms with Crippen LogP contribution in [0.1, 0.15) is 0 Å². The second-order valence-electron chi connectivity index (χ2n) is 2.12. The summed E-state index contributed by atoms with van der Waals surface area (Å²) in [6.45, 7) is 0. The van der Waals surface area contributed by atoms with Gasteiger partial charge in [0.15, 0.2) is 0 Å². The monoisotopic (exact) mass is 183 g/mol. The first-order chi connectivity index (χ1) is 6.27. The molecule has 0 saturated carbocycles. The van der Waals surface area contributed by atoms with E-state index >= 15 is 0 Å². The molecule has 0 aromatic carbocycles. The van der Waals surface area contributed by atoms with Gasteiger partial charge in [0.1, 0.15) is 0 Å². The summed E-state index contributed by atoms with van der Waals surface area (Å²) in [5.74, 6) is 0.620. The summed E-state index contributed by atoms with van der Waals surface area (Å²) < 4.78 is 8.65. The van der Waals surface area contributed by atoms with E-state index in [1.165, 1.54) is 0 Å². The minimum atomic E-state index is 0.0994. The Morgan fingerprint density at radius 1 is 0.846 bits per heavy atom. The first-order valence-corrected chi connectivity index (χ1v) is 3.20. The minimum absolute atomic E-state index is 0.0994. The van der Waals surface area contributed by atoms with Gasteiger partial charge in [0, 0.05) is 0 Å². The maximum absolute atomic E-state index is 5.36. The normalized spacial score (nSPS) is 10.2. The van der Waals surface area contributed by atoms with E-state index in [0.29, 0.717) is 0 Å². The molecule has 68 valence electrons. The molecule has 2 heterocycles. The molecule has 0 amide bonds. The van der Waals surface area contributed by atoms with Crippen LogP contribution in [-0.2, 0) is 0 Å². The summed E-state index contributed by atoms with van der Waals surface area (Å²) in [5, 5.41) is 16.2. The Bertz CT molecular complexity index is 368. The van der Waals surface area contributed by atoms with Crippen molar-refractivity contribution in [1.29, 1.82) is 0 Å². The number of nitrogens with zero attached hydrogens (tertiary/aromatic N) is 4. The summed E-state index contributed by atoms with van der Waals surface area (Å²) in [7, 11) is 0. The lowest BCUT2D eigenvalue weighted by molar-refractivity contribution is 0.308. The van der Waals surface area contributed by atoms with Crippen LogP contribution in [0.5, 0.6) is 0 Å². The molecule has 5 N–H and O–H groups in total. The van der Waals surface area contributed by atoms with E-state index in [-0.39, 0.29) is 23.3 Å². The number of nitrogens with one attached hydrogen (secondary N) is 1. The molecule has 0 unspecified atom stereocenters. The molecule has 0 atom stereocenters. The molecule has 2 aromatic rings. The number of hydrogen-bond acceptors (Lipinski definition) is 9. The highest BCUT2D eigenvalue weighted by Crippen LogP contribution is 2.20. The SMILES string of the molecule is Nc1nonc1Nc1nonc1N. The van der Waals surface area contributed by atoms with Crippen molar-refractivity contribution in [2.24, 2.45) is 0 Å². The van der Waals surface area contributed by atoms with Crippen molar-refractivity contribution in [1.82, 2.24) is 20.6 Å². The van der Waals surface area contributed by atoms with Crippen LogP contribution in [0.3, 0.4) is 0 Å². The molecule has 0 saturated heterocycles.